The van der Waals surface area contributed by atoms with Crippen molar-refractivity contribution < 1.29 is 9.21 Å². The Kier molecular flexibility index (Phi) is 2.74. The third-order valence-electron chi connectivity index (χ3n) is 3.23. The minimum Gasteiger partial charge on any atom is -0.452 e. The molecule has 1 amide bonds. The molecule has 1 N–H and O–H groups in total. The zero-order valence-electron chi connectivity index (χ0n) is 8.68. The van der Waals surface area contributed by atoms with Gasteiger partial charge in [0.25, 0.3) is 5.91 Å². The quantitative estimate of drug-likeness (QED) is 0.863. The highest BCUT2D eigenvalue weighted by molar-refractivity contribution is 6.32. The van der Waals surface area contributed by atoms with Crippen molar-refractivity contribution in [2.75, 3.05) is 0 Å². The van der Waals surface area contributed by atoms with Crippen LogP contribution in [0.15, 0.2) is 16.7 Å². The second kappa shape index (κ2) is 3.89. The summed E-state index contributed by atoms with van der Waals surface area (Å²) < 4.78 is 4.89. The summed E-state index contributed by atoms with van der Waals surface area (Å²) in [6.45, 7) is 2.09. The largest absolute Gasteiger partial charge is 0.452 e. The Morgan fingerprint density at radius 3 is 2.80 bits per heavy atom. The average molecular weight is 228 g/mol. The average Bonchev–Trinajstić information content (AvgIpc) is 2.58. The van der Waals surface area contributed by atoms with E-state index in [0.29, 0.717) is 5.56 Å². The first-order valence-corrected chi connectivity index (χ1v) is 5.60. The van der Waals surface area contributed by atoms with Crippen LogP contribution in [0.1, 0.15) is 43.0 Å². The van der Waals surface area contributed by atoms with Crippen LogP contribution in [0.5, 0.6) is 0 Å². The number of nitrogens with one attached hydrogen (secondary N) is 1. The molecule has 82 valence electrons. The Hall–Kier alpha value is -0.960. The fourth-order valence-corrected chi connectivity index (χ4v) is 2.13. The zero-order chi connectivity index (χ0) is 10.9. The molecule has 1 saturated carbocycles. The van der Waals surface area contributed by atoms with Gasteiger partial charge in [-0.15, -0.1) is 0 Å². The zero-order valence-corrected chi connectivity index (χ0v) is 9.43. The van der Waals surface area contributed by atoms with Gasteiger partial charge in [0.2, 0.25) is 5.22 Å². The van der Waals surface area contributed by atoms with E-state index in [9.17, 15) is 4.79 Å². The molecule has 0 radical (unpaired) electrons. The first-order valence-electron chi connectivity index (χ1n) is 5.22. The van der Waals surface area contributed by atoms with Crippen molar-refractivity contribution in [3.8, 4) is 0 Å². The van der Waals surface area contributed by atoms with Crippen LogP contribution in [0, 0.1) is 0 Å². The maximum absolute atomic E-state index is 11.8. The molecule has 0 atom stereocenters. The van der Waals surface area contributed by atoms with Crippen LogP contribution in [0.2, 0.25) is 5.22 Å². The van der Waals surface area contributed by atoms with Crippen molar-refractivity contribution in [3.63, 3.8) is 0 Å². The number of halogens is 1. The van der Waals surface area contributed by atoms with Crippen molar-refractivity contribution in [2.45, 2.75) is 38.1 Å². The van der Waals surface area contributed by atoms with Gasteiger partial charge in [0.1, 0.15) is 0 Å². The van der Waals surface area contributed by atoms with E-state index in [1.54, 1.807) is 6.07 Å². The minimum absolute atomic E-state index is 0.00230. The first-order chi connectivity index (χ1) is 7.17. The summed E-state index contributed by atoms with van der Waals surface area (Å²) in [6.07, 6.45) is 5.70. The number of carbonyl (C=O) groups excluding carboxylic acids is 1. The molecule has 0 unspecified atom stereocenters. The lowest BCUT2D eigenvalue weighted by molar-refractivity contribution is 0.0820. The number of amides is 1. The Morgan fingerprint density at radius 2 is 2.40 bits per heavy atom. The highest BCUT2D eigenvalue weighted by Crippen LogP contribution is 2.35. The first kappa shape index (κ1) is 10.6. The molecule has 0 aromatic carbocycles. The smallest absolute Gasteiger partial charge is 0.256 e. The highest BCUT2D eigenvalue weighted by atomic mass is 35.5. The lowest BCUT2D eigenvalue weighted by Gasteiger charge is -2.41. The predicted molar refractivity (Wildman–Crippen MR) is 58.1 cm³/mol. The highest BCUT2D eigenvalue weighted by Gasteiger charge is 2.37. The molecule has 1 fully saturated rings. The number of carbonyl (C=O) groups is 1. The molecule has 0 spiro atoms. The maximum Gasteiger partial charge on any atom is 0.256 e. The van der Waals surface area contributed by atoms with Gasteiger partial charge in [0, 0.05) is 5.54 Å². The topological polar surface area (TPSA) is 42.2 Å². The van der Waals surface area contributed by atoms with E-state index in [2.05, 4.69) is 12.2 Å². The summed E-state index contributed by atoms with van der Waals surface area (Å²) >= 11 is 5.74. The molecule has 1 aliphatic rings. The summed E-state index contributed by atoms with van der Waals surface area (Å²) in [5.74, 6) is -0.129. The van der Waals surface area contributed by atoms with Gasteiger partial charge in [-0.3, -0.25) is 4.79 Å². The molecule has 0 aliphatic heterocycles. The van der Waals surface area contributed by atoms with Gasteiger partial charge < -0.3 is 9.73 Å². The van der Waals surface area contributed by atoms with Crippen LogP contribution in [0.25, 0.3) is 0 Å². The third-order valence-corrected chi connectivity index (χ3v) is 3.52. The van der Waals surface area contributed by atoms with Gasteiger partial charge >= 0.3 is 0 Å². The van der Waals surface area contributed by atoms with Crippen LogP contribution in [0.3, 0.4) is 0 Å². The van der Waals surface area contributed by atoms with E-state index in [1.807, 2.05) is 0 Å². The Morgan fingerprint density at radius 1 is 1.67 bits per heavy atom. The standard InChI is InChI=1S/C11H14ClNO2/c1-2-11(5-3-6-11)13-10(14)8-4-7-15-9(8)12/h4,7H,2-3,5-6H2,1H3,(H,13,14). The molecule has 3 nitrogen and oxygen atoms in total. The van der Waals surface area contributed by atoms with Crippen molar-refractivity contribution in [1.29, 1.82) is 0 Å². The molecule has 0 bridgehead atoms. The Balaban J connectivity index is 2.07. The second-order valence-electron chi connectivity index (χ2n) is 4.05. The number of rotatable bonds is 3. The van der Waals surface area contributed by atoms with E-state index < -0.39 is 0 Å². The minimum atomic E-state index is -0.129. The van der Waals surface area contributed by atoms with E-state index in [-0.39, 0.29) is 16.7 Å². The van der Waals surface area contributed by atoms with Crippen LogP contribution < -0.4 is 5.32 Å². The van der Waals surface area contributed by atoms with Gasteiger partial charge in [-0.2, -0.15) is 0 Å². The van der Waals surface area contributed by atoms with Crippen molar-refractivity contribution >= 4 is 17.5 Å². The third kappa shape index (κ3) is 1.88. The van der Waals surface area contributed by atoms with Crippen LogP contribution >= 0.6 is 11.6 Å². The summed E-state index contributed by atoms with van der Waals surface area (Å²) in [4.78, 5) is 11.8. The van der Waals surface area contributed by atoms with Crippen LogP contribution in [-0.2, 0) is 0 Å². The monoisotopic (exact) mass is 227 g/mol. The molecular weight excluding hydrogens is 214 g/mol. The molecule has 1 aliphatic carbocycles. The summed E-state index contributed by atoms with van der Waals surface area (Å²) in [6, 6.07) is 1.60. The summed E-state index contributed by atoms with van der Waals surface area (Å²) in [7, 11) is 0. The van der Waals surface area contributed by atoms with Crippen molar-refractivity contribution in [1.82, 2.24) is 5.32 Å². The molecular formula is C11H14ClNO2. The summed E-state index contributed by atoms with van der Waals surface area (Å²) in [5, 5.41) is 3.20. The van der Waals surface area contributed by atoms with Gasteiger partial charge in [-0.25, -0.2) is 0 Å². The molecule has 1 aromatic rings. The Bertz CT molecular complexity index is 363. The molecule has 4 heteroatoms. The van der Waals surface area contributed by atoms with Gasteiger partial charge in [-0.05, 0) is 43.4 Å². The van der Waals surface area contributed by atoms with E-state index >= 15 is 0 Å². The molecule has 1 heterocycles. The fraction of sp³-hybridized carbons (Fsp3) is 0.545. The van der Waals surface area contributed by atoms with E-state index in [4.69, 9.17) is 16.0 Å². The van der Waals surface area contributed by atoms with Crippen molar-refractivity contribution in [2.24, 2.45) is 0 Å². The number of furan rings is 1. The van der Waals surface area contributed by atoms with Crippen LogP contribution in [-0.4, -0.2) is 11.4 Å². The second-order valence-corrected chi connectivity index (χ2v) is 4.39. The SMILES string of the molecule is CCC1(NC(=O)c2ccoc2Cl)CCC1. The van der Waals surface area contributed by atoms with E-state index in [0.717, 1.165) is 19.3 Å². The maximum atomic E-state index is 11.8. The van der Waals surface area contributed by atoms with Gasteiger partial charge in [0.05, 0.1) is 11.8 Å². The van der Waals surface area contributed by atoms with Gasteiger partial charge in [0.15, 0.2) is 0 Å². The predicted octanol–water partition coefficient (Wildman–Crippen LogP) is 3.00. The van der Waals surface area contributed by atoms with E-state index in [1.165, 1.54) is 12.7 Å². The van der Waals surface area contributed by atoms with Crippen molar-refractivity contribution in [3.05, 3.63) is 23.1 Å². The Labute approximate surface area is 93.8 Å². The number of hydrogen-bond donors (Lipinski definition) is 1. The summed E-state index contributed by atoms with van der Waals surface area (Å²) in [5.41, 5.74) is 0.425. The normalized spacial score (nSPS) is 18.3. The van der Waals surface area contributed by atoms with Crippen LogP contribution in [0.4, 0.5) is 0 Å². The fourth-order valence-electron chi connectivity index (χ4n) is 1.93. The molecule has 1 aromatic heterocycles. The molecule has 15 heavy (non-hydrogen) atoms. The lowest BCUT2D eigenvalue weighted by atomic mass is 9.75. The molecule has 2 rings (SSSR count). The number of hydrogen-bond acceptors (Lipinski definition) is 2. The van der Waals surface area contributed by atoms with Gasteiger partial charge in [-0.1, -0.05) is 6.92 Å². The molecule has 0 saturated heterocycles. The lowest BCUT2D eigenvalue weighted by Crippen LogP contribution is -2.52.